The maximum absolute atomic E-state index is 12.0. The van der Waals surface area contributed by atoms with Gasteiger partial charge in [-0.1, -0.05) is 0 Å². The van der Waals surface area contributed by atoms with E-state index >= 15 is 0 Å². The normalized spacial score (nSPS) is 9.89. The van der Waals surface area contributed by atoms with Gasteiger partial charge in [-0.2, -0.15) is 0 Å². The molecule has 4 nitrogen and oxygen atoms in total. The van der Waals surface area contributed by atoms with Gasteiger partial charge in [-0.3, -0.25) is 9.78 Å². The van der Waals surface area contributed by atoms with Gasteiger partial charge in [0, 0.05) is 30.7 Å². The molecule has 5 heteroatoms. The summed E-state index contributed by atoms with van der Waals surface area (Å²) in [5, 5.41) is 5.82. The lowest BCUT2D eigenvalue weighted by Gasteiger charge is -2.07. The monoisotopic (exact) mass is 305 g/mol. The van der Waals surface area contributed by atoms with E-state index in [0.717, 1.165) is 10.2 Å². The zero-order valence-corrected chi connectivity index (χ0v) is 11.4. The number of benzene rings is 1. The molecular formula is C13H12BrN3O. The quantitative estimate of drug-likeness (QED) is 0.916. The number of rotatable bonds is 3. The van der Waals surface area contributed by atoms with E-state index in [9.17, 15) is 4.79 Å². The average Bonchev–Trinajstić information content (AvgIpc) is 2.41. The SMILES string of the molecule is CNc1ccc(C(=O)Nc2ccncc2Br)cc1. The van der Waals surface area contributed by atoms with Crippen molar-refractivity contribution in [2.75, 3.05) is 17.7 Å². The Kier molecular flexibility index (Phi) is 3.94. The molecule has 2 aromatic rings. The van der Waals surface area contributed by atoms with Gasteiger partial charge in [0.25, 0.3) is 5.91 Å². The van der Waals surface area contributed by atoms with Crippen molar-refractivity contribution >= 4 is 33.2 Å². The molecule has 0 spiro atoms. The van der Waals surface area contributed by atoms with Crippen molar-refractivity contribution in [3.05, 3.63) is 52.8 Å². The van der Waals surface area contributed by atoms with Crippen molar-refractivity contribution < 1.29 is 4.79 Å². The highest BCUT2D eigenvalue weighted by molar-refractivity contribution is 9.10. The third kappa shape index (κ3) is 2.87. The fourth-order valence-electron chi connectivity index (χ4n) is 1.46. The minimum atomic E-state index is -0.149. The Morgan fingerprint density at radius 2 is 1.94 bits per heavy atom. The van der Waals surface area contributed by atoms with E-state index in [2.05, 4.69) is 31.5 Å². The summed E-state index contributed by atoms with van der Waals surface area (Å²) in [4.78, 5) is 15.9. The van der Waals surface area contributed by atoms with Crippen LogP contribution in [0.15, 0.2) is 47.2 Å². The Balaban J connectivity index is 2.14. The van der Waals surface area contributed by atoms with Gasteiger partial charge in [0.05, 0.1) is 10.2 Å². The molecule has 0 radical (unpaired) electrons. The number of aromatic nitrogens is 1. The molecule has 2 rings (SSSR count). The molecule has 2 N–H and O–H groups in total. The van der Waals surface area contributed by atoms with Crippen LogP contribution in [-0.4, -0.2) is 17.9 Å². The molecule has 0 atom stereocenters. The third-order valence-electron chi connectivity index (χ3n) is 2.46. The first-order valence-electron chi connectivity index (χ1n) is 5.39. The van der Waals surface area contributed by atoms with Crippen LogP contribution in [0.2, 0.25) is 0 Å². The van der Waals surface area contributed by atoms with Gasteiger partial charge < -0.3 is 10.6 Å². The minimum Gasteiger partial charge on any atom is -0.388 e. The fourth-order valence-corrected chi connectivity index (χ4v) is 1.81. The van der Waals surface area contributed by atoms with Crippen LogP contribution in [0.1, 0.15) is 10.4 Å². The van der Waals surface area contributed by atoms with Crippen molar-refractivity contribution in [3.63, 3.8) is 0 Å². The lowest BCUT2D eigenvalue weighted by atomic mass is 10.2. The minimum absolute atomic E-state index is 0.149. The van der Waals surface area contributed by atoms with E-state index in [1.54, 1.807) is 30.6 Å². The van der Waals surface area contributed by atoms with E-state index in [4.69, 9.17) is 0 Å². The Bertz CT molecular complexity index is 554. The standard InChI is InChI=1S/C13H12BrN3O/c1-15-10-4-2-9(3-5-10)13(18)17-12-6-7-16-8-11(12)14/h2-8,15H,1H3,(H,16,17,18). The first kappa shape index (κ1) is 12.6. The van der Waals surface area contributed by atoms with Crippen LogP contribution in [0.3, 0.4) is 0 Å². The summed E-state index contributed by atoms with van der Waals surface area (Å²) in [7, 11) is 1.84. The number of hydrogen-bond donors (Lipinski definition) is 2. The first-order valence-corrected chi connectivity index (χ1v) is 6.18. The van der Waals surface area contributed by atoms with E-state index in [0.29, 0.717) is 11.3 Å². The maximum atomic E-state index is 12.0. The molecular weight excluding hydrogens is 294 g/mol. The highest BCUT2D eigenvalue weighted by atomic mass is 79.9. The molecule has 0 unspecified atom stereocenters. The second-order valence-corrected chi connectivity index (χ2v) is 4.49. The number of nitrogens with one attached hydrogen (secondary N) is 2. The van der Waals surface area contributed by atoms with Gasteiger partial charge in [0.1, 0.15) is 0 Å². The lowest BCUT2D eigenvalue weighted by molar-refractivity contribution is 0.102. The number of nitrogens with zero attached hydrogens (tertiary/aromatic N) is 1. The van der Waals surface area contributed by atoms with Crippen molar-refractivity contribution in [3.8, 4) is 0 Å². The highest BCUT2D eigenvalue weighted by Gasteiger charge is 2.07. The molecule has 0 aliphatic rings. The van der Waals surface area contributed by atoms with E-state index < -0.39 is 0 Å². The molecule has 1 amide bonds. The lowest BCUT2D eigenvalue weighted by Crippen LogP contribution is -2.12. The maximum Gasteiger partial charge on any atom is 0.255 e. The van der Waals surface area contributed by atoms with Crippen molar-refractivity contribution in [2.45, 2.75) is 0 Å². The number of amides is 1. The summed E-state index contributed by atoms with van der Waals surface area (Å²) >= 11 is 3.33. The average molecular weight is 306 g/mol. The number of pyridine rings is 1. The zero-order chi connectivity index (χ0) is 13.0. The Morgan fingerprint density at radius 1 is 1.22 bits per heavy atom. The number of carbonyl (C=O) groups is 1. The van der Waals surface area contributed by atoms with Crippen LogP contribution in [0.25, 0.3) is 0 Å². The van der Waals surface area contributed by atoms with Gasteiger partial charge in [0.2, 0.25) is 0 Å². The predicted molar refractivity (Wildman–Crippen MR) is 75.9 cm³/mol. The van der Waals surface area contributed by atoms with Crippen molar-refractivity contribution in [2.24, 2.45) is 0 Å². The van der Waals surface area contributed by atoms with Gasteiger partial charge in [-0.05, 0) is 46.3 Å². The van der Waals surface area contributed by atoms with Crippen LogP contribution in [0, 0.1) is 0 Å². The molecule has 0 saturated carbocycles. The second-order valence-electron chi connectivity index (χ2n) is 3.64. The molecule has 0 saturated heterocycles. The van der Waals surface area contributed by atoms with Crippen LogP contribution in [0.4, 0.5) is 11.4 Å². The molecule has 0 bridgehead atoms. The van der Waals surface area contributed by atoms with Gasteiger partial charge in [-0.15, -0.1) is 0 Å². The van der Waals surface area contributed by atoms with E-state index in [-0.39, 0.29) is 5.91 Å². The summed E-state index contributed by atoms with van der Waals surface area (Å²) in [5.74, 6) is -0.149. The summed E-state index contributed by atoms with van der Waals surface area (Å²) < 4.78 is 0.755. The van der Waals surface area contributed by atoms with E-state index in [1.165, 1.54) is 0 Å². The number of anilines is 2. The summed E-state index contributed by atoms with van der Waals surface area (Å²) in [5.41, 5.74) is 2.28. The Labute approximate surface area is 114 Å². The third-order valence-corrected chi connectivity index (χ3v) is 3.09. The van der Waals surface area contributed by atoms with Crippen molar-refractivity contribution in [1.82, 2.24) is 4.98 Å². The predicted octanol–water partition coefficient (Wildman–Crippen LogP) is 3.14. The molecule has 1 aromatic carbocycles. The molecule has 0 aliphatic carbocycles. The van der Waals surface area contributed by atoms with Gasteiger partial charge in [0.15, 0.2) is 0 Å². The van der Waals surface area contributed by atoms with Crippen LogP contribution in [0.5, 0.6) is 0 Å². The zero-order valence-electron chi connectivity index (χ0n) is 9.77. The van der Waals surface area contributed by atoms with Crippen LogP contribution < -0.4 is 10.6 Å². The van der Waals surface area contributed by atoms with Crippen LogP contribution in [-0.2, 0) is 0 Å². The van der Waals surface area contributed by atoms with Crippen molar-refractivity contribution in [1.29, 1.82) is 0 Å². The highest BCUT2D eigenvalue weighted by Crippen LogP contribution is 2.20. The molecule has 1 aromatic heterocycles. The largest absolute Gasteiger partial charge is 0.388 e. The number of halogens is 1. The van der Waals surface area contributed by atoms with E-state index in [1.807, 2.05) is 19.2 Å². The Morgan fingerprint density at radius 3 is 2.56 bits per heavy atom. The first-order chi connectivity index (χ1) is 8.70. The number of hydrogen-bond acceptors (Lipinski definition) is 3. The molecule has 0 fully saturated rings. The summed E-state index contributed by atoms with van der Waals surface area (Å²) in [6, 6.07) is 9.00. The molecule has 18 heavy (non-hydrogen) atoms. The van der Waals surface area contributed by atoms with Crippen LogP contribution >= 0.6 is 15.9 Å². The second kappa shape index (κ2) is 5.64. The molecule has 0 aliphatic heterocycles. The Hall–Kier alpha value is -1.88. The van der Waals surface area contributed by atoms with Gasteiger partial charge in [-0.25, -0.2) is 0 Å². The fraction of sp³-hybridized carbons (Fsp3) is 0.0769. The topological polar surface area (TPSA) is 54.0 Å². The molecule has 92 valence electrons. The molecule has 1 heterocycles. The summed E-state index contributed by atoms with van der Waals surface area (Å²) in [6.07, 6.45) is 3.27. The summed E-state index contributed by atoms with van der Waals surface area (Å²) in [6.45, 7) is 0. The smallest absolute Gasteiger partial charge is 0.255 e. The van der Waals surface area contributed by atoms with Gasteiger partial charge >= 0.3 is 0 Å². The number of carbonyl (C=O) groups excluding carboxylic acids is 1.